The van der Waals surface area contributed by atoms with Crippen LogP contribution in [0.15, 0.2) is 18.2 Å². The van der Waals surface area contributed by atoms with Crippen LogP contribution in [0.4, 0.5) is 0 Å². The molecule has 0 saturated heterocycles. The second-order valence-electron chi connectivity index (χ2n) is 2.98. The summed E-state index contributed by atoms with van der Waals surface area (Å²) in [6.45, 7) is -0.0230. The first-order chi connectivity index (χ1) is 7.06. The number of hydrogen-bond acceptors (Lipinski definition) is 3. The highest BCUT2D eigenvalue weighted by Gasteiger charge is 2.15. The van der Waals surface area contributed by atoms with E-state index in [0.29, 0.717) is 0 Å². The van der Waals surface area contributed by atoms with Gasteiger partial charge in [0.15, 0.2) is 0 Å². The van der Waals surface area contributed by atoms with Crippen LogP contribution in [0.5, 0.6) is 5.75 Å². The molecule has 1 N–H and O–H groups in total. The highest BCUT2D eigenvalue weighted by Crippen LogP contribution is 2.22. The first-order valence-corrected chi connectivity index (χ1v) is 4.55. The number of amides is 1. The van der Waals surface area contributed by atoms with E-state index >= 15 is 0 Å². The number of benzene rings is 1. The molecule has 78 valence electrons. The molecule has 0 heterocycles. The minimum absolute atomic E-state index is 0.0230. The maximum atomic E-state index is 11.7. The van der Waals surface area contributed by atoms with Crippen molar-refractivity contribution in [2.45, 2.75) is 0 Å². The lowest BCUT2D eigenvalue weighted by molar-refractivity contribution is 0.0811. The number of nitrogens with zero attached hydrogens (tertiary/aromatic N) is 2. The molecule has 0 aromatic heterocycles. The molecule has 0 spiro atoms. The van der Waals surface area contributed by atoms with Crippen molar-refractivity contribution in [3.8, 4) is 11.8 Å². The zero-order chi connectivity index (χ0) is 11.4. The molecule has 0 bridgehead atoms. The maximum absolute atomic E-state index is 11.7. The van der Waals surface area contributed by atoms with Gasteiger partial charge in [0.2, 0.25) is 0 Å². The Hall–Kier alpha value is -1.73. The smallest absolute Gasteiger partial charge is 0.256 e. The van der Waals surface area contributed by atoms with Gasteiger partial charge in [-0.15, -0.1) is 0 Å². The first kappa shape index (κ1) is 11.3. The molecule has 0 radical (unpaired) electrons. The highest BCUT2D eigenvalue weighted by atomic mass is 35.5. The van der Waals surface area contributed by atoms with Crippen molar-refractivity contribution < 1.29 is 9.90 Å². The average Bonchev–Trinajstić information content (AvgIpc) is 2.21. The highest BCUT2D eigenvalue weighted by molar-refractivity contribution is 6.33. The summed E-state index contributed by atoms with van der Waals surface area (Å²) in [5, 5.41) is 17.9. The first-order valence-electron chi connectivity index (χ1n) is 4.17. The predicted molar refractivity (Wildman–Crippen MR) is 55.7 cm³/mol. The lowest BCUT2D eigenvalue weighted by atomic mass is 10.2. The van der Waals surface area contributed by atoms with E-state index in [2.05, 4.69) is 0 Å². The van der Waals surface area contributed by atoms with Crippen LogP contribution in [0, 0.1) is 11.3 Å². The number of carbonyl (C=O) groups excluding carboxylic acids is 1. The zero-order valence-electron chi connectivity index (χ0n) is 8.07. The van der Waals surface area contributed by atoms with Gasteiger partial charge in [-0.3, -0.25) is 4.79 Å². The minimum Gasteiger partial charge on any atom is -0.508 e. The van der Waals surface area contributed by atoms with Crippen LogP contribution in [0.1, 0.15) is 10.4 Å². The van der Waals surface area contributed by atoms with Gasteiger partial charge < -0.3 is 10.0 Å². The van der Waals surface area contributed by atoms with Gasteiger partial charge in [0.05, 0.1) is 16.7 Å². The molecule has 0 saturated carbocycles. The van der Waals surface area contributed by atoms with Crippen LogP contribution < -0.4 is 0 Å². The number of nitriles is 1. The molecule has 5 heteroatoms. The molecular formula is C10H9ClN2O2. The van der Waals surface area contributed by atoms with Crippen LogP contribution in [0.25, 0.3) is 0 Å². The zero-order valence-corrected chi connectivity index (χ0v) is 8.82. The molecule has 1 aromatic rings. The Labute approximate surface area is 92.3 Å². The second-order valence-corrected chi connectivity index (χ2v) is 3.39. The van der Waals surface area contributed by atoms with Gasteiger partial charge in [-0.2, -0.15) is 5.26 Å². The summed E-state index contributed by atoms with van der Waals surface area (Å²) in [4.78, 5) is 12.9. The van der Waals surface area contributed by atoms with Crippen molar-refractivity contribution in [3.63, 3.8) is 0 Å². The number of carbonyl (C=O) groups is 1. The van der Waals surface area contributed by atoms with E-state index in [1.807, 2.05) is 6.07 Å². The lowest BCUT2D eigenvalue weighted by Gasteiger charge is -2.13. The van der Waals surface area contributed by atoms with E-state index in [1.165, 1.54) is 30.1 Å². The molecule has 15 heavy (non-hydrogen) atoms. The van der Waals surface area contributed by atoms with Crippen LogP contribution in [-0.2, 0) is 0 Å². The Morgan fingerprint density at radius 1 is 1.67 bits per heavy atom. The van der Waals surface area contributed by atoms with Gasteiger partial charge in [-0.25, -0.2) is 0 Å². The van der Waals surface area contributed by atoms with Crippen molar-refractivity contribution in [1.29, 1.82) is 5.26 Å². The summed E-state index contributed by atoms with van der Waals surface area (Å²) in [7, 11) is 1.49. The average molecular weight is 225 g/mol. The number of halogens is 1. The summed E-state index contributed by atoms with van der Waals surface area (Å²) in [6, 6.07) is 5.96. The number of phenols is 1. The Bertz CT molecular complexity index is 426. The van der Waals surface area contributed by atoms with Crippen LogP contribution in [-0.4, -0.2) is 29.5 Å². The Morgan fingerprint density at radius 3 is 2.93 bits per heavy atom. The normalized spacial score (nSPS) is 9.40. The van der Waals surface area contributed by atoms with E-state index in [4.69, 9.17) is 16.9 Å². The molecule has 0 aliphatic rings. The fraction of sp³-hybridized carbons (Fsp3) is 0.200. The SMILES string of the molecule is CN(CC#N)C(=O)c1cc(O)ccc1Cl. The van der Waals surface area contributed by atoms with Crippen molar-refractivity contribution in [2.24, 2.45) is 0 Å². The molecule has 4 nitrogen and oxygen atoms in total. The van der Waals surface area contributed by atoms with Gasteiger partial charge in [0, 0.05) is 7.05 Å². The minimum atomic E-state index is -0.391. The Morgan fingerprint density at radius 2 is 2.33 bits per heavy atom. The number of aromatic hydroxyl groups is 1. The van der Waals surface area contributed by atoms with Crippen LogP contribution in [0.2, 0.25) is 5.02 Å². The van der Waals surface area contributed by atoms with Crippen LogP contribution >= 0.6 is 11.6 Å². The third-order valence-corrected chi connectivity index (χ3v) is 2.16. The summed E-state index contributed by atoms with van der Waals surface area (Å²) < 4.78 is 0. The maximum Gasteiger partial charge on any atom is 0.256 e. The second kappa shape index (κ2) is 4.67. The van der Waals surface area contributed by atoms with E-state index < -0.39 is 5.91 Å². The van der Waals surface area contributed by atoms with Crippen molar-refractivity contribution in [2.75, 3.05) is 13.6 Å². The molecule has 1 amide bonds. The third-order valence-electron chi connectivity index (χ3n) is 1.83. The standard InChI is InChI=1S/C10H9ClN2O2/c1-13(5-4-12)10(15)8-6-7(14)2-3-9(8)11/h2-3,6,14H,5H2,1H3. The Balaban J connectivity index is 3.01. The fourth-order valence-electron chi connectivity index (χ4n) is 1.06. The lowest BCUT2D eigenvalue weighted by Crippen LogP contribution is -2.27. The van der Waals surface area contributed by atoms with E-state index in [9.17, 15) is 9.90 Å². The number of hydrogen-bond donors (Lipinski definition) is 1. The molecular weight excluding hydrogens is 216 g/mol. The summed E-state index contributed by atoms with van der Waals surface area (Å²) in [5.41, 5.74) is 0.189. The summed E-state index contributed by atoms with van der Waals surface area (Å²) in [6.07, 6.45) is 0. The van der Waals surface area contributed by atoms with Gasteiger partial charge in [0.1, 0.15) is 12.3 Å². The molecule has 0 aliphatic carbocycles. The van der Waals surface area contributed by atoms with Gasteiger partial charge in [-0.05, 0) is 18.2 Å². The van der Waals surface area contributed by atoms with E-state index in [1.54, 1.807) is 0 Å². The van der Waals surface area contributed by atoms with E-state index in [0.717, 1.165) is 0 Å². The van der Waals surface area contributed by atoms with Crippen molar-refractivity contribution >= 4 is 17.5 Å². The largest absolute Gasteiger partial charge is 0.508 e. The summed E-state index contributed by atoms with van der Waals surface area (Å²) >= 11 is 5.79. The molecule has 1 aromatic carbocycles. The quantitative estimate of drug-likeness (QED) is 0.777. The summed E-state index contributed by atoms with van der Waals surface area (Å²) in [5.74, 6) is -0.425. The molecule has 0 aliphatic heterocycles. The Kier molecular flexibility index (Phi) is 3.53. The monoisotopic (exact) mass is 224 g/mol. The number of rotatable bonds is 2. The number of phenolic OH excluding ortho intramolecular Hbond substituents is 1. The van der Waals surface area contributed by atoms with Crippen molar-refractivity contribution in [1.82, 2.24) is 4.90 Å². The third kappa shape index (κ3) is 2.61. The molecule has 0 atom stereocenters. The molecule has 0 unspecified atom stereocenters. The predicted octanol–water partition coefficient (Wildman–Crippen LogP) is 1.64. The van der Waals surface area contributed by atoms with Crippen LogP contribution in [0.3, 0.4) is 0 Å². The van der Waals surface area contributed by atoms with Gasteiger partial charge in [-0.1, -0.05) is 11.6 Å². The molecule has 0 fully saturated rings. The molecule has 1 rings (SSSR count). The van der Waals surface area contributed by atoms with Crippen molar-refractivity contribution in [3.05, 3.63) is 28.8 Å². The van der Waals surface area contributed by atoms with E-state index in [-0.39, 0.29) is 22.9 Å². The van der Waals surface area contributed by atoms with Gasteiger partial charge in [0.25, 0.3) is 5.91 Å². The van der Waals surface area contributed by atoms with Gasteiger partial charge >= 0.3 is 0 Å². The topological polar surface area (TPSA) is 64.3 Å². The fourth-order valence-corrected chi connectivity index (χ4v) is 1.26.